The molecule has 0 saturated heterocycles. The molecule has 0 bridgehead atoms. The van der Waals surface area contributed by atoms with E-state index in [1.54, 1.807) is 11.3 Å². The summed E-state index contributed by atoms with van der Waals surface area (Å²) in [6, 6.07) is 2.07. The third-order valence-electron chi connectivity index (χ3n) is 3.98. The van der Waals surface area contributed by atoms with Crippen LogP contribution in [0.2, 0.25) is 0 Å². The first-order valence-corrected chi connectivity index (χ1v) is 7.62. The van der Waals surface area contributed by atoms with Gasteiger partial charge in [-0.3, -0.25) is 4.79 Å². The molecule has 2 aliphatic rings. The van der Waals surface area contributed by atoms with Gasteiger partial charge in [0.1, 0.15) is 0 Å². The van der Waals surface area contributed by atoms with E-state index in [1.807, 2.05) is 0 Å². The number of aliphatic hydroxyl groups is 1. The maximum absolute atomic E-state index is 12.0. The molecule has 1 aromatic rings. The van der Waals surface area contributed by atoms with Gasteiger partial charge >= 0.3 is 0 Å². The summed E-state index contributed by atoms with van der Waals surface area (Å²) in [5, 5.41) is 12.2. The van der Waals surface area contributed by atoms with E-state index in [4.69, 9.17) is 0 Å². The summed E-state index contributed by atoms with van der Waals surface area (Å²) in [5.41, 5.74) is 1.38. The zero-order chi connectivity index (χ0) is 12.5. The summed E-state index contributed by atoms with van der Waals surface area (Å²) < 4.78 is 0. The Kier molecular flexibility index (Phi) is 3.39. The van der Waals surface area contributed by atoms with Crippen LogP contribution in [0.25, 0.3) is 0 Å². The minimum absolute atomic E-state index is 0.0655. The lowest BCUT2D eigenvalue weighted by Crippen LogP contribution is -2.38. The average molecular weight is 265 g/mol. The maximum atomic E-state index is 12.0. The number of carbonyl (C=O) groups excluding carboxylic acids is 1. The molecule has 3 rings (SSSR count). The minimum Gasteiger partial charge on any atom is -0.393 e. The summed E-state index contributed by atoms with van der Waals surface area (Å²) in [7, 11) is 0. The van der Waals surface area contributed by atoms with Gasteiger partial charge in [-0.15, -0.1) is 11.3 Å². The molecular formula is C14H19NO2S. The molecule has 98 valence electrons. The van der Waals surface area contributed by atoms with E-state index in [2.05, 4.69) is 11.4 Å². The van der Waals surface area contributed by atoms with Crippen LogP contribution in [-0.4, -0.2) is 23.7 Å². The highest BCUT2D eigenvalue weighted by Crippen LogP contribution is 2.30. The van der Waals surface area contributed by atoms with E-state index in [0.29, 0.717) is 12.5 Å². The Morgan fingerprint density at radius 2 is 2.17 bits per heavy atom. The standard InChI is InChI=1S/C14H19NO2S/c16-11-5-9(6-11)8-15-14(17)13-7-10-3-1-2-4-12(10)18-13/h7,9,11,16H,1-6,8H2,(H,15,17). The van der Waals surface area contributed by atoms with Crippen molar-refractivity contribution in [3.63, 3.8) is 0 Å². The number of carbonyl (C=O) groups is 1. The average Bonchev–Trinajstić information content (AvgIpc) is 2.76. The van der Waals surface area contributed by atoms with Gasteiger partial charge in [-0.05, 0) is 56.1 Å². The van der Waals surface area contributed by atoms with Crippen LogP contribution < -0.4 is 5.32 Å². The van der Waals surface area contributed by atoms with Gasteiger partial charge in [-0.25, -0.2) is 0 Å². The number of amides is 1. The van der Waals surface area contributed by atoms with Crippen LogP contribution in [0, 0.1) is 5.92 Å². The van der Waals surface area contributed by atoms with Gasteiger partial charge in [0.05, 0.1) is 11.0 Å². The molecule has 1 fully saturated rings. The first-order chi connectivity index (χ1) is 8.72. The molecule has 0 radical (unpaired) electrons. The second kappa shape index (κ2) is 5.02. The molecule has 3 nitrogen and oxygen atoms in total. The van der Waals surface area contributed by atoms with Crippen LogP contribution in [0.5, 0.6) is 0 Å². The van der Waals surface area contributed by atoms with Crippen LogP contribution >= 0.6 is 11.3 Å². The third kappa shape index (κ3) is 2.45. The van der Waals surface area contributed by atoms with Crippen molar-refractivity contribution in [1.29, 1.82) is 0 Å². The summed E-state index contributed by atoms with van der Waals surface area (Å²) >= 11 is 1.66. The molecule has 0 atom stereocenters. The monoisotopic (exact) mass is 265 g/mol. The number of hydrogen-bond acceptors (Lipinski definition) is 3. The van der Waals surface area contributed by atoms with E-state index >= 15 is 0 Å². The van der Waals surface area contributed by atoms with Crippen molar-refractivity contribution in [2.24, 2.45) is 5.92 Å². The van der Waals surface area contributed by atoms with Crippen molar-refractivity contribution in [3.8, 4) is 0 Å². The summed E-state index contributed by atoms with van der Waals surface area (Å²) in [6.07, 6.45) is 6.32. The summed E-state index contributed by atoms with van der Waals surface area (Å²) in [4.78, 5) is 14.3. The molecular weight excluding hydrogens is 246 g/mol. The predicted molar refractivity (Wildman–Crippen MR) is 72.0 cm³/mol. The molecule has 0 spiro atoms. The molecule has 0 unspecified atom stereocenters. The van der Waals surface area contributed by atoms with Crippen molar-refractivity contribution in [2.75, 3.05) is 6.54 Å². The number of aliphatic hydroxyl groups excluding tert-OH is 1. The molecule has 0 aromatic carbocycles. The Morgan fingerprint density at radius 3 is 2.89 bits per heavy atom. The van der Waals surface area contributed by atoms with Crippen molar-refractivity contribution >= 4 is 17.2 Å². The van der Waals surface area contributed by atoms with Gasteiger partial charge in [0.2, 0.25) is 0 Å². The number of thiophene rings is 1. The van der Waals surface area contributed by atoms with Gasteiger partial charge in [0, 0.05) is 11.4 Å². The SMILES string of the molecule is O=C(NCC1CC(O)C1)c1cc2c(s1)CCCC2. The lowest BCUT2D eigenvalue weighted by Gasteiger charge is -2.31. The Morgan fingerprint density at radius 1 is 1.39 bits per heavy atom. The van der Waals surface area contributed by atoms with E-state index < -0.39 is 0 Å². The van der Waals surface area contributed by atoms with Gasteiger partial charge in [0.15, 0.2) is 0 Å². The van der Waals surface area contributed by atoms with Crippen molar-refractivity contribution in [1.82, 2.24) is 5.32 Å². The molecule has 1 saturated carbocycles. The van der Waals surface area contributed by atoms with Gasteiger partial charge in [0.25, 0.3) is 5.91 Å². The van der Waals surface area contributed by atoms with E-state index in [9.17, 15) is 9.90 Å². The maximum Gasteiger partial charge on any atom is 0.261 e. The minimum atomic E-state index is -0.138. The summed E-state index contributed by atoms with van der Waals surface area (Å²) in [5.74, 6) is 0.536. The molecule has 2 aliphatic carbocycles. The van der Waals surface area contributed by atoms with Crippen LogP contribution in [-0.2, 0) is 12.8 Å². The van der Waals surface area contributed by atoms with Gasteiger partial charge in [-0.2, -0.15) is 0 Å². The Labute approximate surface area is 111 Å². The normalized spacial score (nSPS) is 26.3. The second-order valence-electron chi connectivity index (χ2n) is 5.47. The quantitative estimate of drug-likeness (QED) is 0.879. The van der Waals surface area contributed by atoms with Crippen LogP contribution in [0.3, 0.4) is 0 Å². The topological polar surface area (TPSA) is 49.3 Å². The fraction of sp³-hybridized carbons (Fsp3) is 0.643. The molecule has 0 aliphatic heterocycles. The van der Waals surface area contributed by atoms with Crippen LogP contribution in [0.1, 0.15) is 45.8 Å². The number of fused-ring (bicyclic) bond motifs is 1. The Bertz CT molecular complexity index is 425. The lowest BCUT2D eigenvalue weighted by molar-refractivity contribution is 0.0420. The molecule has 4 heteroatoms. The molecule has 18 heavy (non-hydrogen) atoms. The van der Waals surface area contributed by atoms with E-state index in [-0.39, 0.29) is 12.0 Å². The first kappa shape index (κ1) is 12.2. The molecule has 2 N–H and O–H groups in total. The van der Waals surface area contributed by atoms with E-state index in [1.165, 1.54) is 23.3 Å². The zero-order valence-electron chi connectivity index (χ0n) is 10.4. The largest absolute Gasteiger partial charge is 0.393 e. The van der Waals surface area contributed by atoms with E-state index in [0.717, 1.165) is 30.6 Å². The van der Waals surface area contributed by atoms with Crippen LogP contribution in [0.4, 0.5) is 0 Å². The fourth-order valence-electron chi connectivity index (χ4n) is 2.79. The highest BCUT2D eigenvalue weighted by atomic mass is 32.1. The third-order valence-corrected chi connectivity index (χ3v) is 5.22. The predicted octanol–water partition coefficient (Wildman–Crippen LogP) is 2.13. The number of rotatable bonds is 3. The first-order valence-electron chi connectivity index (χ1n) is 6.80. The van der Waals surface area contributed by atoms with Gasteiger partial charge < -0.3 is 10.4 Å². The number of aryl methyl sites for hydroxylation is 2. The zero-order valence-corrected chi connectivity index (χ0v) is 11.3. The molecule has 1 amide bonds. The lowest BCUT2D eigenvalue weighted by atomic mass is 9.82. The Balaban J connectivity index is 1.56. The molecule has 1 aromatic heterocycles. The summed E-state index contributed by atoms with van der Waals surface area (Å²) in [6.45, 7) is 0.707. The highest BCUT2D eigenvalue weighted by Gasteiger charge is 2.27. The van der Waals surface area contributed by atoms with Crippen molar-refractivity contribution < 1.29 is 9.90 Å². The van der Waals surface area contributed by atoms with Crippen molar-refractivity contribution in [3.05, 3.63) is 21.4 Å². The smallest absolute Gasteiger partial charge is 0.261 e. The second-order valence-corrected chi connectivity index (χ2v) is 6.60. The van der Waals surface area contributed by atoms with Crippen LogP contribution in [0.15, 0.2) is 6.07 Å². The Hall–Kier alpha value is -0.870. The van der Waals surface area contributed by atoms with Crippen molar-refractivity contribution in [2.45, 2.75) is 44.6 Å². The fourth-order valence-corrected chi connectivity index (χ4v) is 3.96. The highest BCUT2D eigenvalue weighted by molar-refractivity contribution is 7.14. The molecule has 1 heterocycles. The number of hydrogen-bond donors (Lipinski definition) is 2. The number of nitrogens with one attached hydrogen (secondary N) is 1. The van der Waals surface area contributed by atoms with Gasteiger partial charge in [-0.1, -0.05) is 0 Å².